The van der Waals surface area contributed by atoms with E-state index in [0.717, 1.165) is 17.6 Å². The lowest BCUT2D eigenvalue weighted by Crippen LogP contribution is -2.22. The Labute approximate surface area is 132 Å². The van der Waals surface area contributed by atoms with Crippen molar-refractivity contribution in [3.63, 3.8) is 0 Å². The monoisotopic (exact) mass is 348 g/mol. The van der Waals surface area contributed by atoms with Crippen LogP contribution in [0.25, 0.3) is 0 Å². The van der Waals surface area contributed by atoms with E-state index in [1.807, 2.05) is 36.9 Å². The van der Waals surface area contributed by atoms with Crippen LogP contribution in [0.2, 0.25) is 0 Å². The number of anilines is 1. The molecule has 6 heteroatoms. The highest BCUT2D eigenvalue weighted by atomic mass is 79.9. The second kappa shape index (κ2) is 7.17. The van der Waals surface area contributed by atoms with Crippen molar-refractivity contribution in [2.24, 2.45) is 10.2 Å². The fourth-order valence-electron chi connectivity index (χ4n) is 2.03. The van der Waals surface area contributed by atoms with Gasteiger partial charge in [-0.1, -0.05) is 22.0 Å². The standard InChI is InChI=1S/C15H17BrN4O/c1-3-20(4-2)15-12(9-11(16)10-13(15)21)18-19-14-7-5-6-8-17-14/h5-10,21H,3-4H2,1-2H3. The van der Waals surface area contributed by atoms with Gasteiger partial charge in [0.25, 0.3) is 0 Å². The minimum absolute atomic E-state index is 0.183. The molecule has 0 fully saturated rings. The van der Waals surface area contributed by atoms with Crippen molar-refractivity contribution < 1.29 is 5.11 Å². The molecule has 0 saturated heterocycles. The van der Waals surface area contributed by atoms with Crippen LogP contribution in [0.3, 0.4) is 0 Å². The summed E-state index contributed by atoms with van der Waals surface area (Å²) in [5.74, 6) is 0.713. The zero-order chi connectivity index (χ0) is 15.2. The highest BCUT2D eigenvalue weighted by Crippen LogP contribution is 2.40. The molecule has 1 N–H and O–H groups in total. The fourth-order valence-corrected chi connectivity index (χ4v) is 2.46. The number of azo groups is 1. The van der Waals surface area contributed by atoms with Crippen molar-refractivity contribution in [2.75, 3.05) is 18.0 Å². The number of hydrogen-bond donors (Lipinski definition) is 1. The van der Waals surface area contributed by atoms with Crippen molar-refractivity contribution in [3.8, 4) is 5.75 Å². The Morgan fingerprint density at radius 1 is 1.19 bits per heavy atom. The van der Waals surface area contributed by atoms with E-state index in [4.69, 9.17) is 0 Å². The summed E-state index contributed by atoms with van der Waals surface area (Å²) in [5, 5.41) is 18.6. The van der Waals surface area contributed by atoms with E-state index in [9.17, 15) is 5.11 Å². The Morgan fingerprint density at radius 2 is 1.95 bits per heavy atom. The number of aromatic hydroxyl groups is 1. The lowest BCUT2D eigenvalue weighted by atomic mass is 10.2. The smallest absolute Gasteiger partial charge is 0.174 e. The third-order valence-electron chi connectivity index (χ3n) is 3.02. The Kier molecular flexibility index (Phi) is 5.27. The maximum atomic E-state index is 10.2. The summed E-state index contributed by atoms with van der Waals surface area (Å²) in [5.41, 5.74) is 1.29. The van der Waals surface area contributed by atoms with Gasteiger partial charge in [0.15, 0.2) is 5.82 Å². The molecule has 0 amide bonds. The van der Waals surface area contributed by atoms with Gasteiger partial charge in [0.2, 0.25) is 0 Å². The molecule has 0 aliphatic carbocycles. The van der Waals surface area contributed by atoms with Gasteiger partial charge in [-0.2, -0.15) is 0 Å². The molecule has 0 unspecified atom stereocenters. The number of pyridine rings is 1. The molecule has 2 aromatic rings. The molecule has 0 aliphatic rings. The van der Waals surface area contributed by atoms with E-state index in [-0.39, 0.29) is 5.75 Å². The molecule has 0 spiro atoms. The Hall–Kier alpha value is -1.95. The Morgan fingerprint density at radius 3 is 2.57 bits per heavy atom. The van der Waals surface area contributed by atoms with Crippen LogP contribution < -0.4 is 4.90 Å². The first-order valence-electron chi connectivity index (χ1n) is 6.76. The molecule has 110 valence electrons. The number of rotatable bonds is 5. The number of phenols is 1. The normalized spacial score (nSPS) is 11.0. The average Bonchev–Trinajstić information content (AvgIpc) is 2.49. The maximum absolute atomic E-state index is 10.2. The van der Waals surface area contributed by atoms with Gasteiger partial charge in [-0.25, -0.2) is 4.98 Å². The van der Waals surface area contributed by atoms with Gasteiger partial charge in [-0.05, 0) is 38.1 Å². The van der Waals surface area contributed by atoms with Crippen molar-refractivity contribution >= 4 is 33.1 Å². The van der Waals surface area contributed by atoms with Gasteiger partial charge < -0.3 is 10.0 Å². The molecular formula is C15H17BrN4O. The first-order valence-corrected chi connectivity index (χ1v) is 7.55. The second-order valence-electron chi connectivity index (χ2n) is 4.35. The summed E-state index contributed by atoms with van der Waals surface area (Å²) in [6.45, 7) is 5.62. The average molecular weight is 349 g/mol. The van der Waals surface area contributed by atoms with Gasteiger partial charge >= 0.3 is 0 Å². The zero-order valence-corrected chi connectivity index (χ0v) is 13.6. The number of halogens is 1. The van der Waals surface area contributed by atoms with Crippen LogP contribution in [0.15, 0.2) is 51.2 Å². The molecule has 1 aromatic heterocycles. The predicted molar refractivity (Wildman–Crippen MR) is 87.8 cm³/mol. The van der Waals surface area contributed by atoms with E-state index in [2.05, 4.69) is 31.1 Å². The number of phenolic OH excluding ortho intramolecular Hbond substituents is 1. The number of aromatic nitrogens is 1. The highest BCUT2D eigenvalue weighted by Gasteiger charge is 2.15. The van der Waals surface area contributed by atoms with Crippen LogP contribution in [0, 0.1) is 0 Å². The Bertz CT molecular complexity index is 627. The van der Waals surface area contributed by atoms with Crippen molar-refractivity contribution in [1.29, 1.82) is 0 Å². The number of nitrogens with zero attached hydrogens (tertiary/aromatic N) is 4. The molecule has 0 bridgehead atoms. The third kappa shape index (κ3) is 3.78. The van der Waals surface area contributed by atoms with Crippen LogP contribution in [-0.4, -0.2) is 23.2 Å². The van der Waals surface area contributed by atoms with E-state index in [0.29, 0.717) is 17.2 Å². The summed E-state index contributed by atoms with van der Waals surface area (Å²) < 4.78 is 0.755. The lowest BCUT2D eigenvalue weighted by Gasteiger charge is -2.23. The molecule has 0 atom stereocenters. The quantitative estimate of drug-likeness (QED) is 0.788. The molecule has 0 aliphatic heterocycles. The van der Waals surface area contributed by atoms with Gasteiger partial charge in [0, 0.05) is 23.8 Å². The Balaban J connectivity index is 2.44. The minimum atomic E-state index is 0.183. The zero-order valence-electron chi connectivity index (χ0n) is 12.0. The molecule has 21 heavy (non-hydrogen) atoms. The number of hydrogen-bond acceptors (Lipinski definition) is 5. The fraction of sp³-hybridized carbons (Fsp3) is 0.267. The minimum Gasteiger partial charge on any atom is -0.506 e. The highest BCUT2D eigenvalue weighted by molar-refractivity contribution is 9.10. The molecule has 0 saturated carbocycles. The SMILES string of the molecule is CCN(CC)c1c(O)cc(Br)cc1N=Nc1ccccn1. The van der Waals surface area contributed by atoms with Gasteiger partial charge in [0.05, 0.1) is 0 Å². The second-order valence-corrected chi connectivity index (χ2v) is 5.27. The van der Waals surface area contributed by atoms with Gasteiger partial charge in [0.1, 0.15) is 17.1 Å². The van der Waals surface area contributed by atoms with Gasteiger partial charge in [-0.15, -0.1) is 10.2 Å². The first-order chi connectivity index (χ1) is 10.2. The van der Waals surface area contributed by atoms with Gasteiger partial charge in [-0.3, -0.25) is 0 Å². The molecule has 5 nitrogen and oxygen atoms in total. The summed E-state index contributed by atoms with van der Waals surface area (Å²) in [6.07, 6.45) is 1.66. The van der Waals surface area contributed by atoms with Crippen LogP contribution in [-0.2, 0) is 0 Å². The van der Waals surface area contributed by atoms with Crippen LogP contribution >= 0.6 is 15.9 Å². The van der Waals surface area contributed by atoms with Crippen LogP contribution in [0.1, 0.15) is 13.8 Å². The first kappa shape index (κ1) is 15.4. The summed E-state index contributed by atoms with van der Waals surface area (Å²) in [6, 6.07) is 8.95. The summed E-state index contributed by atoms with van der Waals surface area (Å²) in [7, 11) is 0. The molecular weight excluding hydrogens is 332 g/mol. The van der Waals surface area contributed by atoms with Crippen molar-refractivity contribution in [1.82, 2.24) is 4.98 Å². The maximum Gasteiger partial charge on any atom is 0.174 e. The van der Waals surface area contributed by atoms with Crippen LogP contribution in [0.5, 0.6) is 5.75 Å². The predicted octanol–water partition coefficient (Wildman–Crippen LogP) is 4.81. The number of benzene rings is 1. The summed E-state index contributed by atoms with van der Waals surface area (Å²) >= 11 is 3.37. The van der Waals surface area contributed by atoms with E-state index in [1.165, 1.54) is 0 Å². The molecule has 1 heterocycles. The molecule has 0 radical (unpaired) electrons. The van der Waals surface area contributed by atoms with Crippen molar-refractivity contribution in [3.05, 3.63) is 41.0 Å². The van der Waals surface area contributed by atoms with Crippen LogP contribution in [0.4, 0.5) is 17.2 Å². The van der Waals surface area contributed by atoms with E-state index < -0.39 is 0 Å². The molecule has 2 rings (SSSR count). The molecule has 1 aromatic carbocycles. The lowest BCUT2D eigenvalue weighted by molar-refractivity contribution is 0.474. The third-order valence-corrected chi connectivity index (χ3v) is 3.48. The largest absolute Gasteiger partial charge is 0.506 e. The van der Waals surface area contributed by atoms with E-state index in [1.54, 1.807) is 18.3 Å². The van der Waals surface area contributed by atoms with E-state index >= 15 is 0 Å². The topological polar surface area (TPSA) is 61.1 Å². The summed E-state index contributed by atoms with van der Waals surface area (Å²) in [4.78, 5) is 6.14. The van der Waals surface area contributed by atoms with Crippen molar-refractivity contribution in [2.45, 2.75) is 13.8 Å².